The van der Waals surface area contributed by atoms with E-state index in [0.29, 0.717) is 0 Å². The van der Waals surface area contributed by atoms with E-state index in [2.05, 4.69) is 17.2 Å². The number of aliphatic hydroxyl groups excluding tert-OH is 1. The summed E-state index contributed by atoms with van der Waals surface area (Å²) in [6.07, 6.45) is 0. The average Bonchev–Trinajstić information content (AvgIpc) is 2.26. The van der Waals surface area contributed by atoms with Gasteiger partial charge in [0.05, 0.1) is 6.04 Å². The van der Waals surface area contributed by atoms with E-state index in [4.69, 9.17) is 5.11 Å². The Bertz CT molecular complexity index is 412. The molecule has 1 unspecified atom stereocenters. The van der Waals surface area contributed by atoms with Crippen LogP contribution in [-0.2, 0) is 4.79 Å². The Morgan fingerprint density at radius 2 is 2.06 bits per heavy atom. The molecule has 0 spiro atoms. The van der Waals surface area contributed by atoms with E-state index in [1.165, 1.54) is 6.92 Å². The quantitative estimate of drug-likeness (QED) is 0.732. The van der Waals surface area contributed by atoms with E-state index in [0.717, 1.165) is 11.1 Å². The van der Waals surface area contributed by atoms with E-state index < -0.39 is 0 Å². The molecular formula is C13H15NO2. The molecule has 0 aliphatic heterocycles. The van der Waals surface area contributed by atoms with E-state index in [1.54, 1.807) is 0 Å². The molecule has 0 aliphatic rings. The topological polar surface area (TPSA) is 49.3 Å². The smallest absolute Gasteiger partial charge is 0.217 e. The summed E-state index contributed by atoms with van der Waals surface area (Å²) in [7, 11) is 0. The number of hydrogen-bond acceptors (Lipinski definition) is 2. The maximum absolute atomic E-state index is 10.9. The number of amides is 1. The van der Waals surface area contributed by atoms with Crippen LogP contribution in [0.25, 0.3) is 0 Å². The summed E-state index contributed by atoms with van der Waals surface area (Å²) in [6, 6.07) is 7.58. The fourth-order valence-electron chi connectivity index (χ4n) is 1.38. The van der Waals surface area contributed by atoms with Crippen molar-refractivity contribution in [3.63, 3.8) is 0 Å². The minimum atomic E-state index is -0.135. The second kappa shape index (κ2) is 5.94. The van der Waals surface area contributed by atoms with E-state index in [1.807, 2.05) is 31.2 Å². The monoisotopic (exact) mass is 217 g/mol. The third-order valence-electron chi connectivity index (χ3n) is 2.14. The van der Waals surface area contributed by atoms with Crippen LogP contribution in [0.3, 0.4) is 0 Å². The minimum Gasteiger partial charge on any atom is -0.384 e. The van der Waals surface area contributed by atoms with Gasteiger partial charge in [-0.15, -0.1) is 0 Å². The molecule has 0 aliphatic carbocycles. The summed E-state index contributed by atoms with van der Waals surface area (Å²) in [5.74, 6) is 5.35. The van der Waals surface area contributed by atoms with Gasteiger partial charge in [-0.05, 0) is 24.6 Å². The molecule has 1 aromatic carbocycles. The summed E-state index contributed by atoms with van der Waals surface area (Å²) >= 11 is 0. The number of nitrogens with one attached hydrogen (secondary N) is 1. The fraction of sp³-hybridized carbons (Fsp3) is 0.308. The molecule has 1 atom stereocenters. The maximum Gasteiger partial charge on any atom is 0.217 e. The number of hydrogen-bond donors (Lipinski definition) is 2. The summed E-state index contributed by atoms with van der Waals surface area (Å²) in [5, 5.41) is 11.4. The summed E-state index contributed by atoms with van der Waals surface area (Å²) in [5.41, 5.74) is 1.89. The molecule has 1 rings (SSSR count). The van der Waals surface area contributed by atoms with Gasteiger partial charge in [0.2, 0.25) is 5.91 Å². The van der Waals surface area contributed by atoms with Crippen molar-refractivity contribution in [3.05, 3.63) is 35.4 Å². The summed E-state index contributed by atoms with van der Waals surface area (Å²) < 4.78 is 0. The van der Waals surface area contributed by atoms with Crippen LogP contribution in [-0.4, -0.2) is 17.6 Å². The Morgan fingerprint density at radius 1 is 1.44 bits per heavy atom. The maximum atomic E-state index is 10.9. The molecule has 3 nitrogen and oxygen atoms in total. The predicted molar refractivity (Wildman–Crippen MR) is 62.6 cm³/mol. The molecular weight excluding hydrogens is 202 g/mol. The number of benzene rings is 1. The number of carbonyl (C=O) groups excluding carboxylic acids is 1. The average molecular weight is 217 g/mol. The van der Waals surface area contributed by atoms with Gasteiger partial charge in [0.25, 0.3) is 0 Å². The molecule has 1 amide bonds. The van der Waals surface area contributed by atoms with Crippen molar-refractivity contribution in [2.24, 2.45) is 0 Å². The van der Waals surface area contributed by atoms with Crippen LogP contribution in [0.2, 0.25) is 0 Å². The second-order valence-corrected chi connectivity index (χ2v) is 3.50. The number of aliphatic hydroxyl groups is 1. The minimum absolute atomic E-state index is 0.00245. The first-order chi connectivity index (χ1) is 7.63. The first-order valence-corrected chi connectivity index (χ1v) is 5.10. The van der Waals surface area contributed by atoms with E-state index >= 15 is 0 Å². The molecule has 1 aromatic rings. The molecule has 0 radical (unpaired) electrons. The standard InChI is InChI=1S/C13H15NO2/c1-10(14-11(2)16)13-7-5-12(6-8-13)4-3-9-15/h5-8,10,15H,9H2,1-2H3,(H,14,16). The SMILES string of the molecule is CC(=O)NC(C)c1ccc(C#CCO)cc1. The van der Waals surface area contributed by atoms with E-state index in [9.17, 15) is 4.79 Å². The molecule has 3 heteroatoms. The van der Waals surface area contributed by atoms with Crippen LogP contribution in [0.5, 0.6) is 0 Å². The highest BCUT2D eigenvalue weighted by Crippen LogP contribution is 2.12. The first kappa shape index (κ1) is 12.3. The van der Waals surface area contributed by atoms with Gasteiger partial charge in [-0.1, -0.05) is 24.0 Å². The normalized spacial score (nSPS) is 11.2. The zero-order valence-electron chi connectivity index (χ0n) is 9.45. The molecule has 84 valence electrons. The van der Waals surface area contributed by atoms with Crippen molar-refractivity contribution >= 4 is 5.91 Å². The number of carbonyl (C=O) groups is 1. The Labute approximate surface area is 95.5 Å². The van der Waals surface area contributed by atoms with Gasteiger partial charge in [0.1, 0.15) is 6.61 Å². The van der Waals surface area contributed by atoms with Crippen molar-refractivity contribution in [2.45, 2.75) is 19.9 Å². The van der Waals surface area contributed by atoms with E-state index in [-0.39, 0.29) is 18.6 Å². The van der Waals surface area contributed by atoms with Crippen LogP contribution in [0.4, 0.5) is 0 Å². The molecule has 0 saturated carbocycles. The lowest BCUT2D eigenvalue weighted by molar-refractivity contribution is -0.119. The highest BCUT2D eigenvalue weighted by atomic mass is 16.2. The van der Waals surface area contributed by atoms with Gasteiger partial charge < -0.3 is 10.4 Å². The van der Waals surface area contributed by atoms with Crippen LogP contribution >= 0.6 is 0 Å². The lowest BCUT2D eigenvalue weighted by atomic mass is 10.1. The summed E-state index contributed by atoms with van der Waals surface area (Å²) in [6.45, 7) is 3.29. The molecule has 0 heterocycles. The van der Waals surface area contributed by atoms with Crippen LogP contribution in [0.15, 0.2) is 24.3 Å². The highest BCUT2D eigenvalue weighted by Gasteiger charge is 2.05. The third-order valence-corrected chi connectivity index (χ3v) is 2.14. The zero-order valence-corrected chi connectivity index (χ0v) is 9.45. The van der Waals surface area contributed by atoms with Crippen molar-refractivity contribution in [2.75, 3.05) is 6.61 Å². The molecule has 2 N–H and O–H groups in total. The van der Waals surface area contributed by atoms with Gasteiger partial charge in [-0.2, -0.15) is 0 Å². The molecule has 0 aromatic heterocycles. The Balaban J connectivity index is 2.74. The van der Waals surface area contributed by atoms with Crippen LogP contribution < -0.4 is 5.32 Å². The molecule has 16 heavy (non-hydrogen) atoms. The molecule has 0 bridgehead atoms. The zero-order chi connectivity index (χ0) is 12.0. The fourth-order valence-corrected chi connectivity index (χ4v) is 1.38. The van der Waals surface area contributed by atoms with Crippen molar-refractivity contribution < 1.29 is 9.90 Å². The van der Waals surface area contributed by atoms with Crippen molar-refractivity contribution in [1.82, 2.24) is 5.32 Å². The van der Waals surface area contributed by atoms with Crippen LogP contribution in [0.1, 0.15) is 31.0 Å². The third kappa shape index (κ3) is 3.76. The van der Waals surface area contributed by atoms with Gasteiger partial charge in [-0.3, -0.25) is 4.79 Å². The van der Waals surface area contributed by atoms with Crippen molar-refractivity contribution in [1.29, 1.82) is 0 Å². The van der Waals surface area contributed by atoms with Gasteiger partial charge in [0.15, 0.2) is 0 Å². The van der Waals surface area contributed by atoms with Gasteiger partial charge >= 0.3 is 0 Å². The lowest BCUT2D eigenvalue weighted by Crippen LogP contribution is -2.23. The lowest BCUT2D eigenvalue weighted by Gasteiger charge is -2.12. The number of rotatable bonds is 2. The van der Waals surface area contributed by atoms with Crippen molar-refractivity contribution in [3.8, 4) is 11.8 Å². The van der Waals surface area contributed by atoms with Gasteiger partial charge in [0, 0.05) is 12.5 Å². The summed E-state index contributed by atoms with van der Waals surface area (Å²) in [4.78, 5) is 10.9. The molecule has 0 saturated heterocycles. The molecule has 0 fully saturated rings. The Kier molecular flexibility index (Phi) is 4.56. The highest BCUT2D eigenvalue weighted by molar-refractivity contribution is 5.73. The predicted octanol–water partition coefficient (Wildman–Crippen LogP) is 1.23. The largest absolute Gasteiger partial charge is 0.384 e. The second-order valence-electron chi connectivity index (χ2n) is 3.50. The Morgan fingerprint density at radius 3 is 2.56 bits per heavy atom. The first-order valence-electron chi connectivity index (χ1n) is 5.10. The Hall–Kier alpha value is -1.79. The van der Waals surface area contributed by atoms with Gasteiger partial charge in [-0.25, -0.2) is 0 Å². The van der Waals surface area contributed by atoms with Crippen LogP contribution in [0, 0.1) is 11.8 Å².